The SMILES string of the molecule is CCNC(=NCCN1CCN(C(C)=O)CC1)NC1CCC(O)CC1.I. The van der Waals surface area contributed by atoms with Crippen molar-refractivity contribution in [1.29, 1.82) is 0 Å². The molecule has 25 heavy (non-hydrogen) atoms. The van der Waals surface area contributed by atoms with E-state index in [1.807, 2.05) is 4.90 Å². The van der Waals surface area contributed by atoms with Crippen LogP contribution in [0, 0.1) is 0 Å². The predicted octanol–water partition coefficient (Wildman–Crippen LogP) is 0.627. The number of rotatable bonds is 5. The van der Waals surface area contributed by atoms with Gasteiger partial charge in [-0.05, 0) is 32.6 Å². The lowest BCUT2D eigenvalue weighted by atomic mass is 9.93. The highest BCUT2D eigenvalue weighted by Crippen LogP contribution is 2.18. The number of nitrogens with one attached hydrogen (secondary N) is 2. The Morgan fingerprint density at radius 1 is 1.16 bits per heavy atom. The molecule has 1 aliphatic carbocycles. The van der Waals surface area contributed by atoms with Crippen LogP contribution in [0.2, 0.25) is 0 Å². The van der Waals surface area contributed by atoms with Crippen LogP contribution >= 0.6 is 24.0 Å². The second kappa shape index (κ2) is 11.9. The van der Waals surface area contributed by atoms with Crippen molar-refractivity contribution in [2.24, 2.45) is 4.99 Å². The Morgan fingerprint density at radius 3 is 2.36 bits per heavy atom. The molecule has 0 spiro atoms. The Kier molecular flexibility index (Phi) is 10.7. The first-order chi connectivity index (χ1) is 11.6. The molecule has 0 atom stereocenters. The molecule has 2 rings (SSSR count). The van der Waals surface area contributed by atoms with Gasteiger partial charge in [-0.25, -0.2) is 0 Å². The van der Waals surface area contributed by atoms with E-state index in [0.29, 0.717) is 6.04 Å². The number of aliphatic hydroxyl groups excluding tert-OH is 1. The summed E-state index contributed by atoms with van der Waals surface area (Å²) in [5.74, 6) is 1.05. The minimum atomic E-state index is -0.128. The van der Waals surface area contributed by atoms with Crippen LogP contribution in [0.5, 0.6) is 0 Å². The monoisotopic (exact) mass is 467 g/mol. The van der Waals surface area contributed by atoms with Crippen molar-refractivity contribution in [1.82, 2.24) is 20.4 Å². The second-order valence-electron chi connectivity index (χ2n) is 6.76. The topological polar surface area (TPSA) is 80.2 Å². The largest absolute Gasteiger partial charge is 0.393 e. The molecule has 3 N–H and O–H groups in total. The maximum absolute atomic E-state index is 11.3. The van der Waals surface area contributed by atoms with E-state index in [2.05, 4.69) is 27.4 Å². The lowest BCUT2D eigenvalue weighted by molar-refractivity contribution is -0.130. The third-order valence-corrected chi connectivity index (χ3v) is 4.89. The fourth-order valence-corrected chi connectivity index (χ4v) is 3.32. The molecule has 146 valence electrons. The summed E-state index contributed by atoms with van der Waals surface area (Å²) in [6, 6.07) is 0.408. The van der Waals surface area contributed by atoms with Crippen molar-refractivity contribution >= 4 is 35.8 Å². The second-order valence-corrected chi connectivity index (χ2v) is 6.76. The van der Waals surface area contributed by atoms with Crippen molar-refractivity contribution in [2.45, 2.75) is 51.7 Å². The van der Waals surface area contributed by atoms with Gasteiger partial charge in [0.05, 0.1) is 12.6 Å². The Balaban J connectivity index is 0.00000312. The van der Waals surface area contributed by atoms with E-state index < -0.39 is 0 Å². The highest BCUT2D eigenvalue weighted by atomic mass is 127. The fraction of sp³-hybridized carbons (Fsp3) is 0.882. The number of aliphatic imine (C=N–C) groups is 1. The molecule has 1 amide bonds. The predicted molar refractivity (Wildman–Crippen MR) is 111 cm³/mol. The molecule has 0 aromatic heterocycles. The van der Waals surface area contributed by atoms with Crippen LogP contribution in [-0.4, -0.2) is 84.7 Å². The quantitative estimate of drug-likeness (QED) is 0.314. The molecule has 0 radical (unpaired) electrons. The number of carbonyl (C=O) groups is 1. The van der Waals surface area contributed by atoms with Crippen LogP contribution in [0.4, 0.5) is 0 Å². The zero-order valence-electron chi connectivity index (χ0n) is 15.5. The third-order valence-electron chi connectivity index (χ3n) is 4.89. The van der Waals surface area contributed by atoms with Crippen LogP contribution in [0.1, 0.15) is 39.5 Å². The van der Waals surface area contributed by atoms with Gasteiger partial charge in [-0.15, -0.1) is 24.0 Å². The zero-order valence-corrected chi connectivity index (χ0v) is 17.9. The summed E-state index contributed by atoms with van der Waals surface area (Å²) in [6.07, 6.45) is 3.61. The number of carbonyl (C=O) groups excluding carboxylic acids is 1. The van der Waals surface area contributed by atoms with Gasteiger partial charge in [-0.3, -0.25) is 14.7 Å². The molecule has 0 aromatic carbocycles. The van der Waals surface area contributed by atoms with Crippen LogP contribution in [0.3, 0.4) is 0 Å². The van der Waals surface area contributed by atoms with Gasteiger partial charge in [-0.2, -0.15) is 0 Å². The van der Waals surface area contributed by atoms with Crippen molar-refractivity contribution in [3.05, 3.63) is 0 Å². The van der Waals surface area contributed by atoms with Gasteiger partial charge < -0.3 is 20.6 Å². The molecule has 1 aliphatic heterocycles. The molecule has 0 unspecified atom stereocenters. The first-order valence-electron chi connectivity index (χ1n) is 9.29. The van der Waals surface area contributed by atoms with E-state index in [9.17, 15) is 9.90 Å². The first kappa shape index (κ1) is 22.4. The number of aliphatic hydroxyl groups is 1. The van der Waals surface area contributed by atoms with Crippen molar-refractivity contribution in [3.8, 4) is 0 Å². The normalized spacial score (nSPS) is 25.2. The van der Waals surface area contributed by atoms with E-state index >= 15 is 0 Å². The smallest absolute Gasteiger partial charge is 0.219 e. The number of nitrogens with zero attached hydrogens (tertiary/aromatic N) is 3. The average molecular weight is 467 g/mol. The Morgan fingerprint density at radius 2 is 1.80 bits per heavy atom. The number of piperazine rings is 1. The molecule has 7 nitrogen and oxygen atoms in total. The summed E-state index contributed by atoms with van der Waals surface area (Å²) in [7, 11) is 0. The molecule has 2 aliphatic rings. The molecule has 8 heteroatoms. The van der Waals surface area contributed by atoms with Gasteiger partial charge in [-0.1, -0.05) is 0 Å². The molecule has 0 bridgehead atoms. The summed E-state index contributed by atoms with van der Waals surface area (Å²) in [4.78, 5) is 20.3. The van der Waals surface area contributed by atoms with E-state index in [-0.39, 0.29) is 36.0 Å². The summed E-state index contributed by atoms with van der Waals surface area (Å²) >= 11 is 0. The van der Waals surface area contributed by atoms with E-state index in [1.165, 1.54) is 0 Å². The summed E-state index contributed by atoms with van der Waals surface area (Å²) in [6.45, 7) is 9.74. The number of hydrogen-bond donors (Lipinski definition) is 3. The van der Waals surface area contributed by atoms with Gasteiger partial charge in [0, 0.05) is 52.2 Å². The standard InChI is InChI=1S/C17H33N5O2.HI/c1-3-18-17(20-15-4-6-16(24)7-5-15)19-8-9-21-10-12-22(13-11-21)14(2)23;/h15-16,24H,3-13H2,1-2H3,(H2,18,19,20);1H. The van der Waals surface area contributed by atoms with Crippen molar-refractivity contribution < 1.29 is 9.90 Å². The van der Waals surface area contributed by atoms with Gasteiger partial charge >= 0.3 is 0 Å². The van der Waals surface area contributed by atoms with Crippen LogP contribution in [-0.2, 0) is 4.79 Å². The van der Waals surface area contributed by atoms with Crippen molar-refractivity contribution in [2.75, 3.05) is 45.8 Å². The first-order valence-corrected chi connectivity index (χ1v) is 9.29. The van der Waals surface area contributed by atoms with Gasteiger partial charge in [0.15, 0.2) is 5.96 Å². The zero-order chi connectivity index (χ0) is 17.4. The highest BCUT2D eigenvalue weighted by Gasteiger charge is 2.20. The van der Waals surface area contributed by atoms with Gasteiger partial charge in [0.25, 0.3) is 0 Å². The summed E-state index contributed by atoms with van der Waals surface area (Å²) in [5, 5.41) is 16.4. The summed E-state index contributed by atoms with van der Waals surface area (Å²) < 4.78 is 0. The van der Waals surface area contributed by atoms with Crippen LogP contribution < -0.4 is 10.6 Å². The highest BCUT2D eigenvalue weighted by molar-refractivity contribution is 14.0. The Bertz CT molecular complexity index is 419. The molecule has 2 fully saturated rings. The van der Waals surface area contributed by atoms with E-state index in [0.717, 1.165) is 77.5 Å². The Hall–Kier alpha value is -0.610. The maximum atomic E-state index is 11.3. The number of guanidine groups is 1. The third kappa shape index (κ3) is 8.08. The van der Waals surface area contributed by atoms with Crippen LogP contribution in [0.15, 0.2) is 4.99 Å². The van der Waals surface area contributed by atoms with Crippen LogP contribution in [0.25, 0.3) is 0 Å². The van der Waals surface area contributed by atoms with Crippen molar-refractivity contribution in [3.63, 3.8) is 0 Å². The molecule has 1 heterocycles. The Labute approximate surface area is 168 Å². The molecular formula is C17H34IN5O2. The van der Waals surface area contributed by atoms with Gasteiger partial charge in [0.1, 0.15) is 0 Å². The van der Waals surface area contributed by atoms with E-state index in [4.69, 9.17) is 0 Å². The minimum Gasteiger partial charge on any atom is -0.393 e. The maximum Gasteiger partial charge on any atom is 0.219 e. The summed E-state index contributed by atoms with van der Waals surface area (Å²) in [5.41, 5.74) is 0. The minimum absolute atomic E-state index is 0. The molecule has 0 aromatic rings. The lowest BCUT2D eigenvalue weighted by Crippen LogP contribution is -2.49. The molecule has 1 saturated carbocycles. The number of amides is 1. The molecular weight excluding hydrogens is 433 g/mol. The van der Waals surface area contributed by atoms with E-state index in [1.54, 1.807) is 6.92 Å². The molecule has 1 saturated heterocycles. The van der Waals surface area contributed by atoms with Gasteiger partial charge in [0.2, 0.25) is 5.91 Å². The number of halogens is 1. The number of hydrogen-bond acceptors (Lipinski definition) is 4. The lowest BCUT2D eigenvalue weighted by Gasteiger charge is -2.33. The average Bonchev–Trinajstić information content (AvgIpc) is 2.57. The fourth-order valence-electron chi connectivity index (χ4n) is 3.32.